The molecule has 3 aliphatic rings. The highest BCUT2D eigenvalue weighted by atomic mass is 32.2. The van der Waals surface area contributed by atoms with Crippen molar-refractivity contribution >= 4 is 15.9 Å². The van der Waals surface area contributed by atoms with Gasteiger partial charge < -0.3 is 10.2 Å². The van der Waals surface area contributed by atoms with Crippen molar-refractivity contribution in [2.75, 3.05) is 19.6 Å². The van der Waals surface area contributed by atoms with E-state index in [0.717, 1.165) is 18.7 Å². The van der Waals surface area contributed by atoms with Crippen molar-refractivity contribution in [1.29, 1.82) is 0 Å². The minimum absolute atomic E-state index is 0.0225. The Hall–Kier alpha value is -2.29. The first-order chi connectivity index (χ1) is 14.4. The molecule has 1 unspecified atom stereocenters. The number of likely N-dealkylation sites (tertiary alicyclic amines) is 1. The topological polar surface area (TPSA) is 69.7 Å². The number of sulfonamides is 1. The summed E-state index contributed by atoms with van der Waals surface area (Å²) in [4.78, 5) is 15.2. The number of carbonyl (C=O) groups excluding carboxylic acids is 1. The maximum absolute atomic E-state index is 13.4. The summed E-state index contributed by atoms with van der Waals surface area (Å²) in [6, 6.07) is 12.6. The molecule has 1 amide bonds. The van der Waals surface area contributed by atoms with Crippen LogP contribution in [0.1, 0.15) is 29.9 Å². The summed E-state index contributed by atoms with van der Waals surface area (Å²) in [5, 5.41) is 3.52. The smallest absolute Gasteiger partial charge is 0.243 e. The molecule has 3 heterocycles. The predicted octanol–water partition coefficient (Wildman–Crippen LogP) is 2.08. The number of hydrogen-bond donors (Lipinski definition) is 1. The SMILES string of the molecule is O=C(C1CCCN1S(=O)(=O)c1ccc(F)cc1)N1C[C@@H]2NCc3ccccc3[C@@H]2C1. The van der Waals surface area contributed by atoms with Crippen molar-refractivity contribution in [3.8, 4) is 0 Å². The first-order valence-corrected chi connectivity index (χ1v) is 11.8. The zero-order valence-corrected chi connectivity index (χ0v) is 17.3. The molecule has 0 spiro atoms. The summed E-state index contributed by atoms with van der Waals surface area (Å²) < 4.78 is 40.8. The van der Waals surface area contributed by atoms with Crippen LogP contribution in [-0.2, 0) is 21.4 Å². The molecule has 6 nitrogen and oxygen atoms in total. The van der Waals surface area contributed by atoms with Crippen LogP contribution in [0.2, 0.25) is 0 Å². The summed E-state index contributed by atoms with van der Waals surface area (Å²) in [5.74, 6) is -0.398. The monoisotopic (exact) mass is 429 g/mol. The summed E-state index contributed by atoms with van der Waals surface area (Å²) in [6.45, 7) is 2.26. The lowest BCUT2D eigenvalue weighted by Gasteiger charge is -2.28. The number of nitrogens with zero attached hydrogens (tertiary/aromatic N) is 2. The molecule has 8 heteroatoms. The fourth-order valence-electron chi connectivity index (χ4n) is 5.03. The Morgan fingerprint density at radius 1 is 1.07 bits per heavy atom. The zero-order valence-electron chi connectivity index (χ0n) is 16.5. The summed E-state index contributed by atoms with van der Waals surface area (Å²) in [7, 11) is -3.85. The molecule has 2 aromatic carbocycles. The number of hydrogen-bond acceptors (Lipinski definition) is 4. The molecule has 158 valence electrons. The van der Waals surface area contributed by atoms with Gasteiger partial charge in [-0.2, -0.15) is 4.31 Å². The third-order valence-electron chi connectivity index (χ3n) is 6.55. The molecule has 3 aliphatic heterocycles. The second-order valence-electron chi connectivity index (χ2n) is 8.26. The van der Waals surface area contributed by atoms with E-state index in [0.29, 0.717) is 32.5 Å². The largest absolute Gasteiger partial charge is 0.339 e. The predicted molar refractivity (Wildman–Crippen MR) is 110 cm³/mol. The summed E-state index contributed by atoms with van der Waals surface area (Å²) in [6.07, 6.45) is 1.15. The maximum Gasteiger partial charge on any atom is 0.243 e. The van der Waals surface area contributed by atoms with Crippen LogP contribution in [-0.4, -0.2) is 55.2 Å². The number of nitrogens with one attached hydrogen (secondary N) is 1. The molecule has 0 radical (unpaired) electrons. The molecule has 2 fully saturated rings. The van der Waals surface area contributed by atoms with E-state index in [1.165, 1.54) is 27.6 Å². The second kappa shape index (κ2) is 7.44. The van der Waals surface area contributed by atoms with Crippen LogP contribution in [0.4, 0.5) is 4.39 Å². The number of fused-ring (bicyclic) bond motifs is 3. The molecular weight excluding hydrogens is 405 g/mol. The van der Waals surface area contributed by atoms with Crippen molar-refractivity contribution < 1.29 is 17.6 Å². The number of benzene rings is 2. The number of rotatable bonds is 3. The van der Waals surface area contributed by atoms with Crippen molar-refractivity contribution in [3.63, 3.8) is 0 Å². The van der Waals surface area contributed by atoms with Crippen LogP contribution in [0.5, 0.6) is 0 Å². The van der Waals surface area contributed by atoms with Gasteiger partial charge in [0, 0.05) is 38.1 Å². The van der Waals surface area contributed by atoms with Gasteiger partial charge in [0.1, 0.15) is 11.9 Å². The van der Waals surface area contributed by atoms with Crippen LogP contribution in [0.25, 0.3) is 0 Å². The van der Waals surface area contributed by atoms with Crippen molar-refractivity contribution in [2.45, 2.75) is 42.3 Å². The first-order valence-electron chi connectivity index (χ1n) is 10.3. The lowest BCUT2D eigenvalue weighted by molar-refractivity contribution is -0.133. The maximum atomic E-state index is 13.4. The van der Waals surface area contributed by atoms with Crippen LogP contribution >= 0.6 is 0 Å². The van der Waals surface area contributed by atoms with Crippen LogP contribution < -0.4 is 5.32 Å². The van der Waals surface area contributed by atoms with Gasteiger partial charge in [-0.3, -0.25) is 4.79 Å². The molecule has 5 rings (SSSR count). The molecule has 0 aromatic heterocycles. The minimum atomic E-state index is -3.85. The van der Waals surface area contributed by atoms with Gasteiger partial charge >= 0.3 is 0 Å². The first kappa shape index (κ1) is 19.7. The molecule has 30 heavy (non-hydrogen) atoms. The Kier molecular flexibility index (Phi) is 4.88. The number of halogens is 1. The van der Waals surface area contributed by atoms with Crippen LogP contribution in [0, 0.1) is 5.82 Å². The molecule has 2 saturated heterocycles. The van der Waals surface area contributed by atoms with Gasteiger partial charge in [0.05, 0.1) is 4.90 Å². The Morgan fingerprint density at radius 2 is 1.83 bits per heavy atom. The molecule has 0 saturated carbocycles. The Morgan fingerprint density at radius 3 is 2.63 bits per heavy atom. The summed E-state index contributed by atoms with van der Waals surface area (Å²) >= 11 is 0. The van der Waals surface area contributed by atoms with Gasteiger partial charge in [0.15, 0.2) is 0 Å². The Balaban J connectivity index is 1.37. The third-order valence-corrected chi connectivity index (χ3v) is 8.47. The highest BCUT2D eigenvalue weighted by molar-refractivity contribution is 7.89. The van der Waals surface area contributed by atoms with E-state index in [1.54, 1.807) is 0 Å². The fourth-order valence-corrected chi connectivity index (χ4v) is 6.68. The second-order valence-corrected chi connectivity index (χ2v) is 10.2. The molecule has 0 aliphatic carbocycles. The Labute approximate surface area is 175 Å². The highest BCUT2D eigenvalue weighted by Gasteiger charge is 2.45. The van der Waals surface area contributed by atoms with Crippen LogP contribution in [0.3, 0.4) is 0 Å². The quantitative estimate of drug-likeness (QED) is 0.811. The fraction of sp³-hybridized carbons (Fsp3) is 0.409. The molecule has 1 N–H and O–H groups in total. The molecular formula is C22H24FN3O3S. The molecule has 3 atom stereocenters. The standard InChI is InChI=1S/C22H24FN3O3S/c23-16-7-9-17(10-8-16)30(28,29)26-11-3-6-21(26)22(27)25-13-19-18-5-2-1-4-15(18)12-24-20(19)14-25/h1-2,4-5,7-10,19-21,24H,3,6,11-14H2/t19-,20-,21?/m0/s1. The van der Waals surface area contributed by atoms with Crippen molar-refractivity contribution in [3.05, 3.63) is 65.5 Å². The third kappa shape index (κ3) is 3.23. The summed E-state index contributed by atoms with van der Waals surface area (Å²) in [5.41, 5.74) is 2.54. The average Bonchev–Trinajstić information content (AvgIpc) is 3.41. The van der Waals surface area contributed by atoms with E-state index in [4.69, 9.17) is 0 Å². The molecule has 0 bridgehead atoms. The van der Waals surface area contributed by atoms with Gasteiger partial charge in [-0.25, -0.2) is 12.8 Å². The van der Waals surface area contributed by atoms with E-state index in [9.17, 15) is 17.6 Å². The normalized spacial score (nSPS) is 26.4. The van der Waals surface area contributed by atoms with Gasteiger partial charge in [-0.05, 0) is 48.2 Å². The average molecular weight is 430 g/mol. The number of amides is 1. The van der Waals surface area contributed by atoms with Crippen molar-refractivity contribution in [2.24, 2.45) is 0 Å². The van der Waals surface area contributed by atoms with Crippen LogP contribution in [0.15, 0.2) is 53.4 Å². The zero-order chi connectivity index (χ0) is 20.9. The van der Waals surface area contributed by atoms with Gasteiger partial charge in [-0.15, -0.1) is 0 Å². The van der Waals surface area contributed by atoms with E-state index >= 15 is 0 Å². The van der Waals surface area contributed by atoms with Crippen molar-refractivity contribution in [1.82, 2.24) is 14.5 Å². The van der Waals surface area contributed by atoms with E-state index in [-0.39, 0.29) is 22.8 Å². The van der Waals surface area contributed by atoms with Gasteiger partial charge in [-0.1, -0.05) is 24.3 Å². The van der Waals surface area contributed by atoms with Gasteiger partial charge in [0.2, 0.25) is 15.9 Å². The number of carbonyl (C=O) groups is 1. The Bertz CT molecular complexity index is 1070. The van der Waals surface area contributed by atoms with E-state index in [2.05, 4.69) is 17.4 Å². The van der Waals surface area contributed by atoms with E-state index < -0.39 is 21.9 Å². The minimum Gasteiger partial charge on any atom is -0.339 e. The van der Waals surface area contributed by atoms with E-state index in [1.807, 2.05) is 17.0 Å². The lowest BCUT2D eigenvalue weighted by atomic mass is 9.87. The lowest BCUT2D eigenvalue weighted by Crippen LogP contribution is -2.47. The highest BCUT2D eigenvalue weighted by Crippen LogP contribution is 2.35. The molecule has 2 aromatic rings. The van der Waals surface area contributed by atoms with Gasteiger partial charge in [0.25, 0.3) is 0 Å².